The number of hydrogen-bond acceptors (Lipinski definition) is 1. The predicted molar refractivity (Wildman–Crippen MR) is 90.9 cm³/mol. The molecule has 0 spiro atoms. The largest absolute Gasteiger partial charge is 0.352 e. The van der Waals surface area contributed by atoms with Crippen molar-refractivity contribution in [2.75, 3.05) is 11.9 Å². The van der Waals surface area contributed by atoms with Gasteiger partial charge in [-0.25, -0.2) is 0 Å². The van der Waals surface area contributed by atoms with Crippen LogP contribution < -0.4 is 5.32 Å². The van der Waals surface area contributed by atoms with Crippen LogP contribution in [0.3, 0.4) is 0 Å². The third-order valence-corrected chi connectivity index (χ3v) is 6.24. The average molecular weight is 436 g/mol. The molecule has 0 aliphatic heterocycles. The lowest BCUT2D eigenvalue weighted by molar-refractivity contribution is 0.0944. The summed E-state index contributed by atoms with van der Waals surface area (Å²) in [6, 6.07) is 5.89. The SMILES string of the molecule is Cc1cccc(C(=O)NCC2CCCC2CBr)c1I. The fourth-order valence-corrected chi connectivity index (χ4v) is 4.18. The van der Waals surface area contributed by atoms with E-state index in [0.717, 1.165) is 32.5 Å². The molecule has 4 heteroatoms. The van der Waals surface area contributed by atoms with Gasteiger partial charge in [0.15, 0.2) is 0 Å². The first-order valence-corrected chi connectivity index (χ1v) is 8.92. The summed E-state index contributed by atoms with van der Waals surface area (Å²) in [4.78, 5) is 12.2. The Balaban J connectivity index is 1.96. The van der Waals surface area contributed by atoms with E-state index in [-0.39, 0.29) is 5.91 Å². The first-order valence-electron chi connectivity index (χ1n) is 6.72. The number of rotatable bonds is 4. The number of alkyl halides is 1. The Morgan fingerprint density at radius 3 is 2.89 bits per heavy atom. The summed E-state index contributed by atoms with van der Waals surface area (Å²) in [5.74, 6) is 1.41. The summed E-state index contributed by atoms with van der Waals surface area (Å²) >= 11 is 5.83. The molecule has 2 unspecified atom stereocenters. The van der Waals surface area contributed by atoms with Gasteiger partial charge < -0.3 is 5.32 Å². The molecule has 1 aliphatic rings. The standard InChI is InChI=1S/C15H19BrINO/c1-10-4-2-7-13(14(10)17)15(19)18-9-12-6-3-5-11(12)8-16/h2,4,7,11-12H,3,5-6,8-9H2,1H3,(H,18,19). The maximum absolute atomic E-state index is 12.2. The van der Waals surface area contributed by atoms with Crippen molar-refractivity contribution in [3.8, 4) is 0 Å². The fraction of sp³-hybridized carbons (Fsp3) is 0.533. The molecule has 1 aromatic carbocycles. The Bertz CT molecular complexity index is 463. The normalized spacial score (nSPS) is 22.5. The molecule has 1 fully saturated rings. The number of hydrogen-bond donors (Lipinski definition) is 1. The van der Waals surface area contributed by atoms with Crippen molar-refractivity contribution in [3.05, 3.63) is 32.9 Å². The van der Waals surface area contributed by atoms with Crippen LogP contribution in [0.2, 0.25) is 0 Å². The number of nitrogens with one attached hydrogen (secondary N) is 1. The number of carbonyl (C=O) groups excluding carboxylic acids is 1. The zero-order valence-corrected chi connectivity index (χ0v) is 14.8. The minimum Gasteiger partial charge on any atom is -0.352 e. The van der Waals surface area contributed by atoms with Crippen molar-refractivity contribution in [3.63, 3.8) is 0 Å². The van der Waals surface area contributed by atoms with Gasteiger partial charge >= 0.3 is 0 Å². The summed E-state index contributed by atoms with van der Waals surface area (Å²) in [6.45, 7) is 2.84. The van der Waals surface area contributed by atoms with Gasteiger partial charge in [-0.05, 0) is 65.8 Å². The van der Waals surface area contributed by atoms with Crippen LogP contribution in [-0.4, -0.2) is 17.8 Å². The Kier molecular flexibility index (Phi) is 5.69. The molecule has 1 aromatic rings. The van der Waals surface area contributed by atoms with Gasteiger partial charge in [0.1, 0.15) is 0 Å². The zero-order valence-electron chi connectivity index (χ0n) is 11.1. The number of aryl methyl sites for hydroxylation is 1. The van der Waals surface area contributed by atoms with Gasteiger partial charge in [-0.3, -0.25) is 4.79 Å². The fourth-order valence-electron chi connectivity index (χ4n) is 2.73. The molecule has 1 aliphatic carbocycles. The van der Waals surface area contributed by atoms with E-state index < -0.39 is 0 Å². The lowest BCUT2D eigenvalue weighted by Gasteiger charge is -2.18. The summed E-state index contributed by atoms with van der Waals surface area (Å²) in [5, 5.41) is 4.16. The molecule has 0 aromatic heterocycles. The first-order chi connectivity index (χ1) is 9.13. The summed E-state index contributed by atoms with van der Waals surface area (Å²) < 4.78 is 1.06. The third kappa shape index (κ3) is 3.72. The van der Waals surface area contributed by atoms with Crippen LogP contribution in [0, 0.1) is 22.3 Å². The van der Waals surface area contributed by atoms with Gasteiger partial charge in [0.05, 0.1) is 5.56 Å². The number of amides is 1. The highest BCUT2D eigenvalue weighted by molar-refractivity contribution is 14.1. The maximum Gasteiger partial charge on any atom is 0.252 e. The van der Waals surface area contributed by atoms with Gasteiger partial charge in [-0.15, -0.1) is 0 Å². The predicted octanol–water partition coefficient (Wildman–Crippen LogP) is 4.14. The summed E-state index contributed by atoms with van der Waals surface area (Å²) in [7, 11) is 0. The van der Waals surface area contributed by atoms with Crippen molar-refractivity contribution in [2.24, 2.45) is 11.8 Å². The molecular weight excluding hydrogens is 417 g/mol. The van der Waals surface area contributed by atoms with Crippen LogP contribution in [0.25, 0.3) is 0 Å². The second-order valence-corrected chi connectivity index (χ2v) is 6.98. The molecule has 0 heterocycles. The van der Waals surface area contributed by atoms with Crippen LogP contribution in [0.4, 0.5) is 0 Å². The highest BCUT2D eigenvalue weighted by Crippen LogP contribution is 2.32. The molecule has 0 bridgehead atoms. The van der Waals surface area contributed by atoms with E-state index in [0.29, 0.717) is 5.92 Å². The van der Waals surface area contributed by atoms with Crippen LogP contribution in [0.15, 0.2) is 18.2 Å². The topological polar surface area (TPSA) is 29.1 Å². The Morgan fingerprint density at radius 2 is 2.16 bits per heavy atom. The first kappa shape index (κ1) is 15.3. The molecular formula is C15H19BrINO. The maximum atomic E-state index is 12.2. The van der Waals surface area contributed by atoms with E-state index >= 15 is 0 Å². The molecule has 2 rings (SSSR count). The lowest BCUT2D eigenvalue weighted by Crippen LogP contribution is -2.31. The van der Waals surface area contributed by atoms with Gasteiger partial charge in [0.25, 0.3) is 5.91 Å². The molecule has 1 amide bonds. The van der Waals surface area contributed by atoms with Crippen molar-refractivity contribution in [1.29, 1.82) is 0 Å². The second-order valence-electron chi connectivity index (χ2n) is 5.25. The minimum atomic E-state index is 0.0633. The molecule has 1 saturated carbocycles. The summed E-state index contributed by atoms with van der Waals surface area (Å²) in [6.07, 6.45) is 3.81. The van der Waals surface area contributed by atoms with Gasteiger partial charge in [0.2, 0.25) is 0 Å². The highest BCUT2D eigenvalue weighted by Gasteiger charge is 2.26. The minimum absolute atomic E-state index is 0.0633. The Hall–Kier alpha value is -0.100. The van der Waals surface area contributed by atoms with Gasteiger partial charge in [-0.1, -0.05) is 34.5 Å². The Morgan fingerprint density at radius 1 is 1.42 bits per heavy atom. The number of carbonyl (C=O) groups is 1. The molecule has 0 radical (unpaired) electrons. The number of halogens is 2. The van der Waals surface area contributed by atoms with Crippen LogP contribution in [-0.2, 0) is 0 Å². The summed E-state index contributed by atoms with van der Waals surface area (Å²) in [5.41, 5.74) is 1.96. The number of benzene rings is 1. The molecule has 2 nitrogen and oxygen atoms in total. The lowest BCUT2D eigenvalue weighted by atomic mass is 9.98. The molecule has 1 N–H and O–H groups in total. The van der Waals surface area contributed by atoms with E-state index in [4.69, 9.17) is 0 Å². The van der Waals surface area contributed by atoms with E-state index in [1.54, 1.807) is 0 Å². The second kappa shape index (κ2) is 7.07. The van der Waals surface area contributed by atoms with Crippen molar-refractivity contribution in [2.45, 2.75) is 26.2 Å². The molecule has 19 heavy (non-hydrogen) atoms. The Labute approximate surface area is 137 Å². The van der Waals surface area contributed by atoms with Gasteiger partial charge in [-0.2, -0.15) is 0 Å². The van der Waals surface area contributed by atoms with E-state index in [1.165, 1.54) is 19.3 Å². The molecule has 2 atom stereocenters. The van der Waals surface area contributed by atoms with Gasteiger partial charge in [0, 0.05) is 15.4 Å². The van der Waals surface area contributed by atoms with E-state index in [1.807, 2.05) is 25.1 Å². The van der Waals surface area contributed by atoms with Crippen LogP contribution in [0.5, 0.6) is 0 Å². The monoisotopic (exact) mass is 435 g/mol. The van der Waals surface area contributed by atoms with Crippen LogP contribution >= 0.6 is 38.5 Å². The zero-order chi connectivity index (χ0) is 13.8. The average Bonchev–Trinajstić information content (AvgIpc) is 2.86. The van der Waals surface area contributed by atoms with Crippen molar-refractivity contribution >= 4 is 44.4 Å². The molecule has 0 saturated heterocycles. The van der Waals surface area contributed by atoms with Crippen molar-refractivity contribution in [1.82, 2.24) is 5.32 Å². The molecule has 104 valence electrons. The van der Waals surface area contributed by atoms with Crippen LogP contribution in [0.1, 0.15) is 35.2 Å². The van der Waals surface area contributed by atoms with E-state index in [9.17, 15) is 4.79 Å². The third-order valence-electron chi connectivity index (χ3n) is 3.98. The highest BCUT2D eigenvalue weighted by atomic mass is 127. The smallest absolute Gasteiger partial charge is 0.252 e. The van der Waals surface area contributed by atoms with E-state index in [2.05, 4.69) is 43.8 Å². The van der Waals surface area contributed by atoms with Crippen molar-refractivity contribution < 1.29 is 4.79 Å². The quantitative estimate of drug-likeness (QED) is 0.558.